The summed E-state index contributed by atoms with van der Waals surface area (Å²) in [5, 5.41) is 26.1. The molecule has 0 spiro atoms. The van der Waals surface area contributed by atoms with Crippen LogP contribution in [-0.2, 0) is 28.7 Å². The lowest BCUT2D eigenvalue weighted by Crippen LogP contribution is -2.48. The number of aliphatic hydroxyl groups is 1. The van der Waals surface area contributed by atoms with E-state index in [2.05, 4.69) is 15.9 Å². The van der Waals surface area contributed by atoms with E-state index in [-0.39, 0.29) is 5.91 Å². The fraction of sp³-hybridized carbons (Fsp3) is 0.410. The van der Waals surface area contributed by atoms with Crippen molar-refractivity contribution >= 4 is 64.3 Å². The number of Topliss-reactive ketones (excluding diaryl/α,β-unsaturated/α-hetero) is 1. The number of ether oxygens (including phenoxy) is 3. The van der Waals surface area contributed by atoms with Gasteiger partial charge in [0.25, 0.3) is 5.91 Å². The second-order valence-electron chi connectivity index (χ2n) is 13.1. The van der Waals surface area contributed by atoms with Crippen LogP contribution in [0.15, 0.2) is 71.6 Å². The second kappa shape index (κ2) is 19.7. The molecule has 3 atom stereocenters. The third-order valence-corrected chi connectivity index (χ3v) is 10.6. The highest BCUT2D eigenvalue weighted by molar-refractivity contribution is 7.99. The van der Waals surface area contributed by atoms with Gasteiger partial charge in [0.1, 0.15) is 17.3 Å². The summed E-state index contributed by atoms with van der Waals surface area (Å²) in [6.07, 6.45) is -1.90. The molecule has 3 N–H and O–H groups in total. The van der Waals surface area contributed by atoms with Gasteiger partial charge in [-0.25, -0.2) is 4.79 Å². The van der Waals surface area contributed by atoms with Crippen molar-refractivity contribution in [1.82, 2.24) is 4.90 Å². The van der Waals surface area contributed by atoms with Crippen LogP contribution in [0, 0.1) is 0 Å². The number of esters is 1. The molecule has 0 bridgehead atoms. The molecule has 0 radical (unpaired) electrons. The van der Waals surface area contributed by atoms with E-state index >= 15 is 0 Å². The molecular formula is C39H46ClN3O11S. The van der Waals surface area contributed by atoms with Crippen molar-refractivity contribution in [2.75, 3.05) is 63.3 Å². The number of aliphatic carboxylic acids is 2. The van der Waals surface area contributed by atoms with Crippen molar-refractivity contribution in [3.63, 3.8) is 0 Å². The lowest BCUT2D eigenvalue weighted by Gasteiger charge is -2.37. The number of rotatable bonds is 14. The first-order chi connectivity index (χ1) is 26.1. The number of fused-ring (bicyclic) bond motifs is 1. The molecular weight excluding hydrogens is 754 g/mol. The number of carboxylic acid groups (broad SMARTS) is 2. The van der Waals surface area contributed by atoms with E-state index in [1.165, 1.54) is 18.7 Å². The van der Waals surface area contributed by atoms with Gasteiger partial charge >= 0.3 is 17.9 Å². The molecule has 5 rings (SSSR count). The first kappa shape index (κ1) is 42.9. The zero-order valence-corrected chi connectivity index (χ0v) is 32.7. The standard InChI is InChI=1S/C32H36ClN3O5S.C7H10O6/c1-22(37)41-30-31(23-9-12-25(39-2)13-10-23)42-29-21-24(33)11-14-27(29)36(32(30)38)16-6-15-34-17-19-35(20-18-34)26-7-4-5-8-28(26)40-3;1-4(8)2-7(13,6(11)12)3-5(9)10/h4-5,7-14,21,30-31H,6,15-20H2,1-3H3;13H,2-3H2,1H3,(H,9,10)(H,11,12)/t30-,31+;/m1./s1. The van der Waals surface area contributed by atoms with Gasteiger partial charge < -0.3 is 39.3 Å². The van der Waals surface area contributed by atoms with Gasteiger partial charge in [-0.2, -0.15) is 0 Å². The summed E-state index contributed by atoms with van der Waals surface area (Å²) in [6, 6.07) is 21.2. The number of piperazine rings is 1. The molecule has 1 unspecified atom stereocenters. The number of carbonyl (C=O) groups excluding carboxylic acids is 3. The Morgan fingerprint density at radius 3 is 2.13 bits per heavy atom. The van der Waals surface area contributed by atoms with Crippen molar-refractivity contribution in [1.29, 1.82) is 0 Å². The summed E-state index contributed by atoms with van der Waals surface area (Å²) in [6.45, 7) is 7.40. The maximum Gasteiger partial charge on any atom is 0.336 e. The minimum absolute atomic E-state index is 0.236. The fourth-order valence-corrected chi connectivity index (χ4v) is 7.99. The number of thioether (sulfide) groups is 1. The highest BCUT2D eigenvalue weighted by atomic mass is 35.5. The minimum atomic E-state index is -2.49. The lowest BCUT2D eigenvalue weighted by molar-refractivity contribution is -0.167. The molecule has 1 saturated heterocycles. The number of anilines is 2. The molecule has 1 amide bonds. The van der Waals surface area contributed by atoms with Crippen LogP contribution in [0.5, 0.6) is 11.5 Å². The first-order valence-corrected chi connectivity index (χ1v) is 18.8. The van der Waals surface area contributed by atoms with Gasteiger partial charge in [-0.05, 0) is 67.9 Å². The largest absolute Gasteiger partial charge is 0.497 e. The molecule has 2 heterocycles. The Kier molecular flexibility index (Phi) is 15.3. The molecule has 14 nitrogen and oxygen atoms in total. The highest BCUT2D eigenvalue weighted by Gasteiger charge is 2.41. The van der Waals surface area contributed by atoms with Crippen LogP contribution in [0.3, 0.4) is 0 Å². The maximum absolute atomic E-state index is 14.1. The zero-order chi connectivity index (χ0) is 40.3. The Hall–Kier alpha value is -4.83. The summed E-state index contributed by atoms with van der Waals surface area (Å²) >= 11 is 7.90. The van der Waals surface area contributed by atoms with E-state index in [0.29, 0.717) is 17.3 Å². The molecule has 2 aliphatic heterocycles. The normalized spacial score (nSPS) is 18.1. The van der Waals surface area contributed by atoms with Gasteiger partial charge in [0.2, 0.25) is 0 Å². The number of nitrogens with zero attached hydrogens (tertiary/aromatic N) is 3. The molecule has 296 valence electrons. The lowest BCUT2D eigenvalue weighted by atomic mass is 9.94. The van der Waals surface area contributed by atoms with E-state index in [4.69, 9.17) is 36.0 Å². The van der Waals surface area contributed by atoms with Crippen molar-refractivity contribution < 1.29 is 53.5 Å². The smallest absolute Gasteiger partial charge is 0.336 e. The average Bonchev–Trinajstić information content (AvgIpc) is 3.24. The predicted molar refractivity (Wildman–Crippen MR) is 207 cm³/mol. The summed E-state index contributed by atoms with van der Waals surface area (Å²) in [4.78, 5) is 64.9. The van der Waals surface area contributed by atoms with Gasteiger partial charge in [0.05, 0.1) is 37.3 Å². The Morgan fingerprint density at radius 1 is 0.873 bits per heavy atom. The SMILES string of the molecule is CC(=O)CC(O)(CC(=O)O)C(=O)O.COc1ccc([C@@H]2Sc3cc(Cl)ccc3N(CCCN3CCN(c4ccccc4OC)CC3)C(=O)[C@@H]2OC(C)=O)cc1. The van der Waals surface area contributed by atoms with E-state index in [9.17, 15) is 29.1 Å². The van der Waals surface area contributed by atoms with Gasteiger partial charge in [0.15, 0.2) is 11.7 Å². The van der Waals surface area contributed by atoms with Crippen molar-refractivity contribution in [2.24, 2.45) is 0 Å². The number of amides is 1. The van der Waals surface area contributed by atoms with Gasteiger partial charge in [-0.1, -0.05) is 35.9 Å². The number of carboxylic acids is 2. The van der Waals surface area contributed by atoms with E-state index in [1.807, 2.05) is 54.6 Å². The third kappa shape index (κ3) is 11.6. The Labute approximate surface area is 328 Å². The Balaban J connectivity index is 0.000000444. The summed E-state index contributed by atoms with van der Waals surface area (Å²) in [5.74, 6) is -2.88. The third-order valence-electron chi connectivity index (χ3n) is 9.03. The Bertz CT molecular complexity index is 1820. The Morgan fingerprint density at radius 2 is 1.55 bits per heavy atom. The number of para-hydroxylation sites is 2. The zero-order valence-electron chi connectivity index (χ0n) is 31.1. The average molecular weight is 800 g/mol. The van der Waals surface area contributed by atoms with Crippen LogP contribution in [-0.4, -0.2) is 115 Å². The van der Waals surface area contributed by atoms with Crippen molar-refractivity contribution in [3.05, 3.63) is 77.3 Å². The number of benzene rings is 3. The van der Waals surface area contributed by atoms with E-state index in [0.717, 1.165) is 73.7 Å². The molecule has 16 heteroatoms. The monoisotopic (exact) mass is 799 g/mol. The number of carbonyl (C=O) groups is 5. The van der Waals surface area contributed by atoms with E-state index < -0.39 is 53.5 Å². The van der Waals surface area contributed by atoms with E-state index in [1.54, 1.807) is 25.2 Å². The molecule has 2 aliphatic rings. The molecule has 55 heavy (non-hydrogen) atoms. The minimum Gasteiger partial charge on any atom is -0.497 e. The fourth-order valence-electron chi connectivity index (χ4n) is 6.40. The van der Waals surface area contributed by atoms with Gasteiger partial charge in [-0.3, -0.25) is 24.1 Å². The highest BCUT2D eigenvalue weighted by Crippen LogP contribution is 2.48. The number of halogens is 1. The van der Waals surface area contributed by atoms with Crippen molar-refractivity contribution in [2.45, 2.75) is 55.0 Å². The second-order valence-corrected chi connectivity index (χ2v) is 14.7. The van der Waals surface area contributed by atoms with Crippen LogP contribution in [0.2, 0.25) is 5.02 Å². The van der Waals surface area contributed by atoms with Crippen LogP contribution in [0.1, 0.15) is 43.9 Å². The van der Waals surface area contributed by atoms with Crippen LogP contribution >= 0.6 is 23.4 Å². The first-order valence-electron chi connectivity index (χ1n) is 17.5. The number of methoxy groups -OCH3 is 2. The molecule has 1 fully saturated rings. The predicted octanol–water partition coefficient (Wildman–Crippen LogP) is 4.94. The molecule has 3 aromatic carbocycles. The van der Waals surface area contributed by atoms with Crippen LogP contribution in [0.4, 0.5) is 11.4 Å². The number of hydrogen-bond acceptors (Lipinski definition) is 12. The van der Waals surface area contributed by atoms with Gasteiger partial charge in [-0.15, -0.1) is 11.8 Å². The van der Waals surface area contributed by atoms with Crippen molar-refractivity contribution in [3.8, 4) is 11.5 Å². The molecule has 0 saturated carbocycles. The van der Waals surface area contributed by atoms with Gasteiger partial charge in [0, 0.05) is 56.0 Å². The number of ketones is 1. The molecule has 3 aromatic rings. The summed E-state index contributed by atoms with van der Waals surface area (Å²) in [5.41, 5.74) is 0.271. The van der Waals surface area contributed by atoms with Crippen LogP contribution in [0.25, 0.3) is 0 Å². The number of hydrogen-bond donors (Lipinski definition) is 3. The topological polar surface area (TPSA) is 183 Å². The summed E-state index contributed by atoms with van der Waals surface area (Å²) in [7, 11) is 3.31. The van der Waals surface area contributed by atoms with Crippen LogP contribution < -0.4 is 19.3 Å². The molecule has 0 aromatic heterocycles. The summed E-state index contributed by atoms with van der Waals surface area (Å²) < 4.78 is 16.6. The maximum atomic E-state index is 14.1. The quantitative estimate of drug-likeness (QED) is 0.187. The molecule has 0 aliphatic carbocycles.